The molecule has 0 aliphatic carbocycles. The van der Waals surface area contributed by atoms with E-state index in [9.17, 15) is 4.39 Å². The predicted octanol–water partition coefficient (Wildman–Crippen LogP) is 5.18. The molecule has 6 heteroatoms. The van der Waals surface area contributed by atoms with Gasteiger partial charge in [-0.05, 0) is 68.4 Å². The fraction of sp³-hybridized carbons (Fsp3) is 0.346. The largest absolute Gasteiger partial charge is 0.494 e. The first-order valence-electron chi connectivity index (χ1n) is 11.1. The van der Waals surface area contributed by atoms with Crippen LogP contribution in [0.4, 0.5) is 10.1 Å². The molecule has 0 saturated carbocycles. The summed E-state index contributed by atoms with van der Waals surface area (Å²) in [7, 11) is 3.77. The molecule has 0 spiro atoms. The second kappa shape index (κ2) is 10.0. The highest BCUT2D eigenvalue weighted by Crippen LogP contribution is 2.35. The molecule has 32 heavy (non-hydrogen) atoms. The third kappa shape index (κ3) is 4.86. The second-order valence-electron chi connectivity index (χ2n) is 8.00. The maximum Gasteiger partial charge on any atom is 0.213 e. The molecule has 4 rings (SSSR count). The average Bonchev–Trinajstić information content (AvgIpc) is 3.01. The predicted molar refractivity (Wildman–Crippen MR) is 126 cm³/mol. The van der Waals surface area contributed by atoms with E-state index in [0.717, 1.165) is 54.3 Å². The summed E-state index contributed by atoms with van der Waals surface area (Å²) in [6.07, 6.45) is 0.941. The van der Waals surface area contributed by atoms with Gasteiger partial charge < -0.3 is 14.4 Å². The Balaban J connectivity index is 1.62. The van der Waals surface area contributed by atoms with Crippen molar-refractivity contribution in [2.45, 2.75) is 19.4 Å². The van der Waals surface area contributed by atoms with Gasteiger partial charge in [-0.3, -0.25) is 4.90 Å². The van der Waals surface area contributed by atoms with E-state index in [2.05, 4.69) is 22.9 Å². The molecule has 0 bridgehead atoms. The molecule has 2 aromatic carbocycles. The zero-order valence-corrected chi connectivity index (χ0v) is 18.9. The minimum Gasteiger partial charge on any atom is -0.494 e. The molecule has 1 fully saturated rings. The van der Waals surface area contributed by atoms with Crippen LogP contribution >= 0.6 is 0 Å². The lowest BCUT2D eigenvalue weighted by molar-refractivity contribution is 0.258. The van der Waals surface area contributed by atoms with Crippen LogP contribution in [0, 0.1) is 5.82 Å². The van der Waals surface area contributed by atoms with Crippen molar-refractivity contribution in [1.82, 2.24) is 9.88 Å². The van der Waals surface area contributed by atoms with Crippen LogP contribution in [0.25, 0.3) is 11.3 Å². The molecule has 1 saturated heterocycles. The number of anilines is 1. The van der Waals surface area contributed by atoms with Crippen molar-refractivity contribution in [3.05, 3.63) is 72.0 Å². The molecule has 1 unspecified atom stereocenters. The minimum atomic E-state index is -0.198. The van der Waals surface area contributed by atoms with E-state index >= 15 is 0 Å². The highest BCUT2D eigenvalue weighted by Gasteiger charge is 2.25. The summed E-state index contributed by atoms with van der Waals surface area (Å²) in [6, 6.07) is 19.2. The number of aromatic nitrogens is 1. The molecule has 0 N–H and O–H groups in total. The molecular weight excluding hydrogens is 405 g/mol. The number of nitrogens with zero attached hydrogens (tertiary/aromatic N) is 3. The van der Waals surface area contributed by atoms with Gasteiger partial charge in [0.15, 0.2) is 0 Å². The molecule has 1 aromatic heterocycles. The van der Waals surface area contributed by atoms with Crippen LogP contribution < -0.4 is 14.4 Å². The number of pyridine rings is 1. The van der Waals surface area contributed by atoms with Crippen molar-refractivity contribution in [3.63, 3.8) is 0 Å². The van der Waals surface area contributed by atoms with Gasteiger partial charge in [0.25, 0.3) is 0 Å². The van der Waals surface area contributed by atoms with Crippen molar-refractivity contribution in [1.29, 1.82) is 0 Å². The average molecular weight is 436 g/mol. The summed E-state index contributed by atoms with van der Waals surface area (Å²) in [6.45, 7) is 5.27. The van der Waals surface area contributed by atoms with Crippen molar-refractivity contribution in [2.75, 3.05) is 45.3 Å². The van der Waals surface area contributed by atoms with E-state index in [-0.39, 0.29) is 11.9 Å². The lowest BCUT2D eigenvalue weighted by Crippen LogP contribution is -2.29. The van der Waals surface area contributed by atoms with Gasteiger partial charge in [-0.2, -0.15) is 0 Å². The molecule has 1 atom stereocenters. The van der Waals surface area contributed by atoms with E-state index in [0.29, 0.717) is 12.5 Å². The first kappa shape index (κ1) is 22.1. The van der Waals surface area contributed by atoms with Gasteiger partial charge in [0.2, 0.25) is 5.88 Å². The Morgan fingerprint density at radius 2 is 1.72 bits per heavy atom. The highest BCUT2D eigenvalue weighted by molar-refractivity contribution is 5.76. The summed E-state index contributed by atoms with van der Waals surface area (Å²) in [5.74, 6) is 1.24. The van der Waals surface area contributed by atoms with Gasteiger partial charge >= 0.3 is 0 Å². The molecule has 5 nitrogen and oxygen atoms in total. The maximum absolute atomic E-state index is 13.4. The van der Waals surface area contributed by atoms with E-state index in [4.69, 9.17) is 14.5 Å². The first-order valence-corrected chi connectivity index (χ1v) is 11.1. The Morgan fingerprint density at radius 1 is 0.969 bits per heavy atom. The van der Waals surface area contributed by atoms with E-state index in [1.54, 1.807) is 19.2 Å². The molecule has 3 aromatic rings. The van der Waals surface area contributed by atoms with E-state index in [1.807, 2.05) is 49.4 Å². The second-order valence-corrected chi connectivity index (χ2v) is 8.00. The van der Waals surface area contributed by atoms with Crippen LogP contribution in [-0.4, -0.2) is 50.3 Å². The number of hydrogen-bond acceptors (Lipinski definition) is 5. The van der Waals surface area contributed by atoms with Gasteiger partial charge in [-0.15, -0.1) is 0 Å². The van der Waals surface area contributed by atoms with Crippen LogP contribution in [0.2, 0.25) is 0 Å². The number of methoxy groups -OCH3 is 1. The van der Waals surface area contributed by atoms with Gasteiger partial charge in [-0.1, -0.05) is 12.1 Å². The third-order valence-corrected chi connectivity index (χ3v) is 6.02. The summed E-state index contributed by atoms with van der Waals surface area (Å²) in [5, 5.41) is 0. The number of rotatable bonds is 6. The Kier molecular flexibility index (Phi) is 6.90. The van der Waals surface area contributed by atoms with E-state index < -0.39 is 0 Å². The van der Waals surface area contributed by atoms with Crippen LogP contribution in [0.1, 0.15) is 24.9 Å². The third-order valence-electron chi connectivity index (χ3n) is 6.02. The monoisotopic (exact) mass is 435 g/mol. The maximum atomic E-state index is 13.4. The van der Waals surface area contributed by atoms with E-state index in [1.165, 1.54) is 0 Å². The summed E-state index contributed by atoms with van der Waals surface area (Å²) in [5.41, 5.74) is 4.16. The normalized spacial score (nSPS) is 17.1. The summed E-state index contributed by atoms with van der Waals surface area (Å²) >= 11 is 0. The zero-order chi connectivity index (χ0) is 22.5. The smallest absolute Gasteiger partial charge is 0.213 e. The van der Waals surface area contributed by atoms with Crippen LogP contribution in [0.5, 0.6) is 11.6 Å². The van der Waals surface area contributed by atoms with Crippen molar-refractivity contribution >= 4 is 5.69 Å². The number of likely N-dealkylation sites (N-methyl/N-ethyl adjacent to an activating group) is 1. The van der Waals surface area contributed by atoms with Crippen LogP contribution in [0.3, 0.4) is 0 Å². The molecule has 2 heterocycles. The Bertz CT molecular complexity index is 1020. The number of hydrogen-bond donors (Lipinski definition) is 0. The molecule has 0 amide bonds. The fourth-order valence-corrected chi connectivity index (χ4v) is 4.28. The standard InChI is InChI=1S/C26H30FN3O2/c1-4-32-22-11-7-20(8-12-22)26-24(13-14-25(28-26)31-3)30-16-15-23(29(2)17-18-30)19-5-9-21(27)10-6-19/h5-14,23H,4,15-18H2,1-3H3. The van der Waals surface area contributed by atoms with Crippen LogP contribution in [-0.2, 0) is 0 Å². The first-order chi connectivity index (χ1) is 15.6. The molecular formula is C26H30FN3O2. The Labute approximate surface area is 189 Å². The van der Waals surface area contributed by atoms with Gasteiger partial charge in [0, 0.05) is 37.3 Å². The van der Waals surface area contributed by atoms with Gasteiger partial charge in [0.05, 0.1) is 25.1 Å². The van der Waals surface area contributed by atoms with Crippen molar-refractivity contribution in [3.8, 4) is 22.9 Å². The highest BCUT2D eigenvalue weighted by atomic mass is 19.1. The Morgan fingerprint density at radius 3 is 2.41 bits per heavy atom. The molecule has 168 valence electrons. The zero-order valence-electron chi connectivity index (χ0n) is 18.9. The van der Waals surface area contributed by atoms with Gasteiger partial charge in [-0.25, -0.2) is 9.37 Å². The summed E-state index contributed by atoms with van der Waals surface area (Å²) in [4.78, 5) is 9.52. The number of benzene rings is 2. The van der Waals surface area contributed by atoms with Gasteiger partial charge in [0.1, 0.15) is 11.6 Å². The quantitative estimate of drug-likeness (QED) is 0.534. The van der Waals surface area contributed by atoms with Crippen LogP contribution in [0.15, 0.2) is 60.7 Å². The molecule has 0 radical (unpaired) electrons. The van der Waals surface area contributed by atoms with Crippen molar-refractivity contribution in [2.24, 2.45) is 0 Å². The lowest BCUT2D eigenvalue weighted by atomic mass is 10.0. The van der Waals surface area contributed by atoms with Crippen molar-refractivity contribution < 1.29 is 13.9 Å². The topological polar surface area (TPSA) is 37.8 Å². The minimum absolute atomic E-state index is 0.198. The Hall–Kier alpha value is -3.12. The fourth-order valence-electron chi connectivity index (χ4n) is 4.28. The lowest BCUT2D eigenvalue weighted by Gasteiger charge is -2.25. The molecule has 1 aliphatic heterocycles. The number of ether oxygens (including phenoxy) is 2. The number of halogens is 1. The SMILES string of the molecule is CCOc1ccc(-c2nc(OC)ccc2N2CCC(c3ccc(F)cc3)N(C)CC2)cc1. The molecule has 1 aliphatic rings. The summed E-state index contributed by atoms with van der Waals surface area (Å²) < 4.78 is 24.4.